The van der Waals surface area contributed by atoms with Crippen LogP contribution >= 0.6 is 0 Å². The average Bonchev–Trinajstić information content (AvgIpc) is 1.83. The third-order valence-corrected chi connectivity index (χ3v) is 1.02. The predicted molar refractivity (Wildman–Crippen MR) is 27.9 cm³/mol. The molecule has 0 radical (unpaired) electrons. The summed E-state index contributed by atoms with van der Waals surface area (Å²) in [4.78, 5) is 0. The van der Waals surface area contributed by atoms with Gasteiger partial charge in [-0.25, -0.2) is 10.9 Å². The molecule has 0 aliphatic carbocycles. The highest BCUT2D eigenvalue weighted by molar-refractivity contribution is 5.84. The summed E-state index contributed by atoms with van der Waals surface area (Å²) in [6, 6.07) is 0. The smallest absolute Gasteiger partial charge is 0.199 e. The average molecular weight is 115 g/mol. The van der Waals surface area contributed by atoms with Gasteiger partial charge in [-0.1, -0.05) is 0 Å². The summed E-state index contributed by atoms with van der Waals surface area (Å²) in [6.45, 7) is 0. The van der Waals surface area contributed by atoms with Gasteiger partial charge in [0.15, 0.2) is 12.2 Å². The summed E-state index contributed by atoms with van der Waals surface area (Å²) in [5.74, 6) is 11.8. The van der Waals surface area contributed by atoms with Gasteiger partial charge in [-0.3, -0.25) is 11.5 Å². The minimum absolute atomic E-state index is 0.0718. The van der Waals surface area contributed by atoms with Gasteiger partial charge < -0.3 is 10.5 Å². The van der Waals surface area contributed by atoms with Gasteiger partial charge >= 0.3 is 0 Å². The topological polar surface area (TPSA) is 106 Å². The molecule has 6 nitrogen and oxygen atoms in total. The highest BCUT2D eigenvalue weighted by Crippen LogP contribution is 2.03. The van der Waals surface area contributed by atoms with Gasteiger partial charge in [0.1, 0.15) is 0 Å². The molecule has 6 N–H and O–H groups in total. The first-order chi connectivity index (χ1) is 3.64. The van der Waals surface area contributed by atoms with Crippen molar-refractivity contribution in [2.75, 3.05) is 0 Å². The van der Waals surface area contributed by atoms with Crippen molar-refractivity contribution in [2.24, 2.45) is 11.6 Å². The van der Waals surface area contributed by atoms with E-state index in [1.807, 2.05) is 0 Å². The SMILES string of the molecule is [NH-]C1=[N+]([NH-])C(N)N1N. The van der Waals surface area contributed by atoms with E-state index in [-0.39, 0.29) is 5.96 Å². The standard InChI is InChI=1S/C2H7N6/c3-1-7(5)2(4)8(1)6/h1,4-5H,3,6H2/q-1. The largest absolute Gasteiger partial charge is 0.631 e. The Morgan fingerprint density at radius 1 is 1.75 bits per heavy atom. The Hall–Kier alpha value is -1.01. The van der Waals surface area contributed by atoms with Gasteiger partial charge in [0, 0.05) is 0 Å². The summed E-state index contributed by atoms with van der Waals surface area (Å²) in [7, 11) is 0. The zero-order valence-corrected chi connectivity index (χ0v) is 4.13. The van der Waals surface area contributed by atoms with Gasteiger partial charge in [0.25, 0.3) is 0 Å². The molecule has 0 spiro atoms. The molecule has 0 amide bonds. The number of nitrogens with one attached hydrogen (secondary N) is 2. The van der Waals surface area contributed by atoms with Crippen molar-refractivity contribution in [3.8, 4) is 0 Å². The van der Waals surface area contributed by atoms with Crippen LogP contribution in [-0.4, -0.2) is 21.9 Å². The van der Waals surface area contributed by atoms with Crippen molar-refractivity contribution in [3.63, 3.8) is 0 Å². The lowest BCUT2D eigenvalue weighted by atomic mass is 10.6. The first-order valence-corrected chi connectivity index (χ1v) is 2.03. The summed E-state index contributed by atoms with van der Waals surface area (Å²) < 4.78 is 0.819. The Labute approximate surface area is 46.3 Å². The minimum Gasteiger partial charge on any atom is -0.631 e. The second kappa shape index (κ2) is 1.23. The molecule has 6 heteroatoms. The number of hydrogen-bond acceptors (Lipinski definition) is 3. The van der Waals surface area contributed by atoms with Crippen LogP contribution in [0.15, 0.2) is 0 Å². The van der Waals surface area contributed by atoms with Crippen molar-refractivity contribution in [3.05, 3.63) is 11.6 Å². The molecule has 1 rings (SSSR count). The molecule has 0 saturated heterocycles. The molecule has 0 saturated carbocycles. The van der Waals surface area contributed by atoms with Crippen LogP contribution in [0, 0.1) is 0 Å². The van der Waals surface area contributed by atoms with E-state index >= 15 is 0 Å². The zero-order chi connectivity index (χ0) is 6.31. The highest BCUT2D eigenvalue weighted by atomic mass is 15.7. The maximum absolute atomic E-state index is 6.83. The molecule has 1 aliphatic heterocycles. The highest BCUT2D eigenvalue weighted by Gasteiger charge is 2.21. The summed E-state index contributed by atoms with van der Waals surface area (Å²) >= 11 is 0. The van der Waals surface area contributed by atoms with Crippen LogP contribution in [0.5, 0.6) is 0 Å². The van der Waals surface area contributed by atoms with E-state index in [0.29, 0.717) is 0 Å². The van der Waals surface area contributed by atoms with Crippen LogP contribution in [0.25, 0.3) is 11.6 Å². The van der Waals surface area contributed by atoms with Gasteiger partial charge in [-0.15, -0.1) is 0 Å². The molecule has 1 atom stereocenters. The van der Waals surface area contributed by atoms with Crippen LogP contribution in [0.2, 0.25) is 0 Å². The number of nitrogens with zero attached hydrogens (tertiary/aromatic N) is 2. The molecule has 46 valence electrons. The fourth-order valence-electron chi connectivity index (χ4n) is 0.443. The van der Waals surface area contributed by atoms with Crippen LogP contribution in [0.1, 0.15) is 0 Å². The molecule has 1 heterocycles. The van der Waals surface area contributed by atoms with Gasteiger partial charge in [-0.05, 0) is 0 Å². The van der Waals surface area contributed by atoms with E-state index in [4.69, 9.17) is 23.2 Å². The molecule has 8 heavy (non-hydrogen) atoms. The van der Waals surface area contributed by atoms with Crippen molar-refractivity contribution in [1.82, 2.24) is 5.01 Å². The molecule has 0 aromatic heterocycles. The van der Waals surface area contributed by atoms with Gasteiger partial charge in [-0.2, -0.15) is 0 Å². The summed E-state index contributed by atoms with van der Waals surface area (Å²) in [6.07, 6.45) is -0.637. The molecule has 1 aliphatic rings. The quantitative estimate of drug-likeness (QED) is 0.306. The summed E-state index contributed by atoms with van der Waals surface area (Å²) in [5.41, 5.74) is 12.0. The summed E-state index contributed by atoms with van der Waals surface area (Å²) in [5, 5.41) is 1.01. The van der Waals surface area contributed by atoms with E-state index in [9.17, 15) is 0 Å². The Morgan fingerprint density at radius 2 is 2.25 bits per heavy atom. The van der Waals surface area contributed by atoms with E-state index < -0.39 is 6.29 Å². The van der Waals surface area contributed by atoms with Crippen LogP contribution < -0.4 is 11.6 Å². The van der Waals surface area contributed by atoms with Gasteiger partial charge in [0.05, 0.1) is 0 Å². The molecular formula is C2H7N6-. The molecule has 0 bridgehead atoms. The third-order valence-electron chi connectivity index (χ3n) is 1.02. The third kappa shape index (κ3) is 0.354. The molecule has 0 aromatic rings. The second-order valence-corrected chi connectivity index (χ2v) is 1.51. The van der Waals surface area contributed by atoms with Crippen molar-refractivity contribution in [1.29, 1.82) is 0 Å². The van der Waals surface area contributed by atoms with Crippen molar-refractivity contribution in [2.45, 2.75) is 6.29 Å². The van der Waals surface area contributed by atoms with E-state index in [1.54, 1.807) is 0 Å². The first-order valence-electron chi connectivity index (χ1n) is 2.03. The number of nitrogens with two attached hydrogens (primary N) is 2. The molecule has 0 aromatic carbocycles. The molecule has 1 unspecified atom stereocenters. The van der Waals surface area contributed by atoms with Crippen LogP contribution in [0.3, 0.4) is 0 Å². The normalized spacial score (nSPS) is 28.2. The number of rotatable bonds is 0. The molecule has 0 fully saturated rings. The van der Waals surface area contributed by atoms with Crippen LogP contribution in [0.4, 0.5) is 0 Å². The van der Waals surface area contributed by atoms with Crippen molar-refractivity contribution >= 4 is 5.96 Å². The number of guanidine groups is 1. The maximum Gasteiger partial charge on any atom is 0.199 e. The first kappa shape index (κ1) is 5.13. The fourth-order valence-corrected chi connectivity index (χ4v) is 0.443. The lowest BCUT2D eigenvalue weighted by molar-refractivity contribution is -0.571. The Bertz CT molecular complexity index is 121. The lowest BCUT2D eigenvalue weighted by Gasteiger charge is -2.43. The zero-order valence-electron chi connectivity index (χ0n) is 4.13. The predicted octanol–water partition coefficient (Wildman–Crippen LogP) is -1.19. The molecular weight excluding hydrogens is 108 g/mol. The maximum atomic E-state index is 6.83. The lowest BCUT2D eigenvalue weighted by Crippen LogP contribution is -2.65. The van der Waals surface area contributed by atoms with Crippen molar-refractivity contribution < 1.29 is 4.68 Å². The second-order valence-electron chi connectivity index (χ2n) is 1.51. The van der Waals surface area contributed by atoms with E-state index in [2.05, 4.69) is 0 Å². The Balaban J connectivity index is 2.74. The minimum atomic E-state index is -0.637. The monoisotopic (exact) mass is 115 g/mol. The number of hydrogen-bond donors (Lipinski definition) is 2. The number of hydrazine groups is 1. The Morgan fingerprint density at radius 3 is 2.38 bits per heavy atom. The Kier molecular flexibility index (Phi) is 0.792. The van der Waals surface area contributed by atoms with Gasteiger partial charge in [0.2, 0.25) is 0 Å². The van der Waals surface area contributed by atoms with E-state index in [1.165, 1.54) is 0 Å². The van der Waals surface area contributed by atoms with Crippen LogP contribution in [-0.2, 0) is 0 Å². The van der Waals surface area contributed by atoms with E-state index in [0.717, 1.165) is 9.69 Å². The fraction of sp³-hybridized carbons (Fsp3) is 0.500.